The fourth-order valence-corrected chi connectivity index (χ4v) is 3.65. The Morgan fingerprint density at radius 2 is 2.11 bits per heavy atom. The van der Waals surface area contributed by atoms with Gasteiger partial charge in [0.2, 0.25) is 0 Å². The summed E-state index contributed by atoms with van der Waals surface area (Å²) in [5.41, 5.74) is 2.79. The van der Waals surface area contributed by atoms with Gasteiger partial charge in [-0.15, -0.1) is 0 Å². The molecule has 104 valence electrons. The molecule has 0 aromatic heterocycles. The van der Waals surface area contributed by atoms with E-state index in [1.54, 1.807) is 0 Å². The lowest BCUT2D eigenvalue weighted by atomic mass is 10.00. The Morgan fingerprint density at radius 1 is 1.26 bits per heavy atom. The Balaban J connectivity index is 1.78. The zero-order valence-electron chi connectivity index (χ0n) is 12.0. The Hall–Kier alpha value is -1.06. The molecule has 1 N–H and O–H groups in total. The van der Waals surface area contributed by atoms with E-state index in [-0.39, 0.29) is 0 Å². The number of aryl methyl sites for hydroxylation is 1. The van der Waals surface area contributed by atoms with E-state index in [1.165, 1.54) is 43.5 Å². The van der Waals surface area contributed by atoms with Crippen LogP contribution in [0.4, 0.5) is 0 Å². The standard InChI is InChI=1S/C16H24N2O/c1-17(2)13-4-3-9-18(11-13)16-8-5-12-10-14(19)6-7-15(12)16/h6-7,10,13,16,19H,3-5,8-9,11H2,1-2H3. The number of aromatic hydroxyl groups is 1. The van der Waals surface area contributed by atoms with Gasteiger partial charge in [-0.2, -0.15) is 0 Å². The third kappa shape index (κ3) is 2.49. The van der Waals surface area contributed by atoms with Crippen molar-refractivity contribution in [1.82, 2.24) is 9.80 Å². The number of hydrogen-bond acceptors (Lipinski definition) is 3. The Bertz CT molecular complexity index is 458. The van der Waals surface area contributed by atoms with E-state index in [1.807, 2.05) is 12.1 Å². The van der Waals surface area contributed by atoms with Crippen LogP contribution in [0.2, 0.25) is 0 Å². The lowest BCUT2D eigenvalue weighted by molar-refractivity contribution is 0.0959. The fourth-order valence-electron chi connectivity index (χ4n) is 3.65. The van der Waals surface area contributed by atoms with Crippen LogP contribution in [0.1, 0.15) is 36.4 Å². The molecule has 2 atom stereocenters. The van der Waals surface area contributed by atoms with Gasteiger partial charge in [0.05, 0.1) is 0 Å². The van der Waals surface area contributed by atoms with E-state index in [9.17, 15) is 5.11 Å². The topological polar surface area (TPSA) is 26.7 Å². The maximum atomic E-state index is 9.59. The molecule has 1 aliphatic carbocycles. The summed E-state index contributed by atoms with van der Waals surface area (Å²) in [5, 5.41) is 9.59. The van der Waals surface area contributed by atoms with Crippen LogP contribution in [0.5, 0.6) is 5.75 Å². The number of rotatable bonds is 2. The molecular weight excluding hydrogens is 236 g/mol. The largest absolute Gasteiger partial charge is 0.508 e. The molecule has 0 saturated carbocycles. The number of nitrogens with zero attached hydrogens (tertiary/aromatic N) is 2. The highest BCUT2D eigenvalue weighted by Gasteiger charge is 2.31. The molecule has 1 saturated heterocycles. The number of fused-ring (bicyclic) bond motifs is 1. The number of likely N-dealkylation sites (N-methyl/N-ethyl adjacent to an activating group) is 1. The fraction of sp³-hybridized carbons (Fsp3) is 0.625. The number of likely N-dealkylation sites (tertiary alicyclic amines) is 1. The van der Waals surface area contributed by atoms with Crippen molar-refractivity contribution in [2.75, 3.05) is 27.2 Å². The van der Waals surface area contributed by atoms with Crippen LogP contribution < -0.4 is 0 Å². The first-order valence-electron chi connectivity index (χ1n) is 7.37. The van der Waals surface area contributed by atoms with Gasteiger partial charge in [-0.3, -0.25) is 4.90 Å². The smallest absolute Gasteiger partial charge is 0.115 e. The monoisotopic (exact) mass is 260 g/mol. The van der Waals surface area contributed by atoms with Gasteiger partial charge in [-0.25, -0.2) is 0 Å². The predicted octanol–water partition coefficient (Wildman–Crippen LogP) is 2.41. The van der Waals surface area contributed by atoms with Crippen molar-refractivity contribution in [1.29, 1.82) is 0 Å². The van der Waals surface area contributed by atoms with Crippen molar-refractivity contribution in [3.05, 3.63) is 29.3 Å². The summed E-state index contributed by atoms with van der Waals surface area (Å²) in [4.78, 5) is 5.01. The first kappa shape index (κ1) is 12.9. The number of hydrogen-bond donors (Lipinski definition) is 1. The highest BCUT2D eigenvalue weighted by atomic mass is 16.3. The average molecular weight is 260 g/mol. The molecule has 1 aromatic rings. The van der Waals surface area contributed by atoms with Crippen molar-refractivity contribution in [2.24, 2.45) is 0 Å². The molecule has 1 aliphatic heterocycles. The van der Waals surface area contributed by atoms with Gasteiger partial charge in [0.1, 0.15) is 5.75 Å². The SMILES string of the molecule is CN(C)C1CCCN(C2CCc3cc(O)ccc32)C1. The number of piperidine rings is 1. The first-order valence-corrected chi connectivity index (χ1v) is 7.37. The number of phenols is 1. The predicted molar refractivity (Wildman–Crippen MR) is 77.5 cm³/mol. The molecule has 0 amide bonds. The molecule has 3 heteroatoms. The van der Waals surface area contributed by atoms with Crippen LogP contribution in [0, 0.1) is 0 Å². The normalized spacial score (nSPS) is 27.7. The molecule has 0 spiro atoms. The Labute approximate surface area is 115 Å². The molecule has 3 nitrogen and oxygen atoms in total. The second-order valence-corrected chi connectivity index (χ2v) is 6.19. The van der Waals surface area contributed by atoms with E-state index in [2.05, 4.69) is 30.0 Å². The van der Waals surface area contributed by atoms with Crippen LogP contribution in [-0.2, 0) is 6.42 Å². The first-order chi connectivity index (χ1) is 9.15. The highest BCUT2D eigenvalue weighted by molar-refractivity contribution is 5.40. The highest BCUT2D eigenvalue weighted by Crippen LogP contribution is 2.38. The summed E-state index contributed by atoms with van der Waals surface area (Å²) in [7, 11) is 4.38. The van der Waals surface area contributed by atoms with Crippen LogP contribution in [-0.4, -0.2) is 48.1 Å². The van der Waals surface area contributed by atoms with E-state index >= 15 is 0 Å². The molecule has 1 heterocycles. The third-order valence-electron chi connectivity index (χ3n) is 4.77. The summed E-state index contributed by atoms with van der Waals surface area (Å²) in [6, 6.07) is 7.17. The molecular formula is C16H24N2O. The lowest BCUT2D eigenvalue weighted by Crippen LogP contribution is -2.46. The molecule has 1 aromatic carbocycles. The summed E-state index contributed by atoms with van der Waals surface area (Å²) in [5.74, 6) is 0.407. The van der Waals surface area contributed by atoms with Gasteiger partial charge in [-0.1, -0.05) is 6.07 Å². The van der Waals surface area contributed by atoms with Crippen molar-refractivity contribution in [3.8, 4) is 5.75 Å². The molecule has 2 unspecified atom stereocenters. The maximum absolute atomic E-state index is 9.59. The number of benzene rings is 1. The van der Waals surface area contributed by atoms with Crippen molar-refractivity contribution in [3.63, 3.8) is 0 Å². The van der Waals surface area contributed by atoms with E-state index in [4.69, 9.17) is 0 Å². The Kier molecular flexibility index (Phi) is 3.50. The summed E-state index contributed by atoms with van der Waals surface area (Å²) in [6.45, 7) is 2.40. The minimum atomic E-state index is 0.407. The van der Waals surface area contributed by atoms with E-state index in [0.29, 0.717) is 17.8 Å². The van der Waals surface area contributed by atoms with Crippen LogP contribution in [0.3, 0.4) is 0 Å². The third-order valence-corrected chi connectivity index (χ3v) is 4.77. The van der Waals surface area contributed by atoms with Crippen LogP contribution in [0.15, 0.2) is 18.2 Å². The van der Waals surface area contributed by atoms with E-state index in [0.717, 1.165) is 6.42 Å². The molecule has 0 bridgehead atoms. The zero-order valence-corrected chi connectivity index (χ0v) is 12.0. The molecule has 1 fully saturated rings. The average Bonchev–Trinajstić information content (AvgIpc) is 2.81. The maximum Gasteiger partial charge on any atom is 0.115 e. The van der Waals surface area contributed by atoms with Gasteiger partial charge in [0, 0.05) is 18.6 Å². The van der Waals surface area contributed by atoms with Gasteiger partial charge in [-0.05, 0) is 69.6 Å². The molecule has 0 radical (unpaired) electrons. The second-order valence-electron chi connectivity index (χ2n) is 6.19. The lowest BCUT2D eigenvalue weighted by Gasteiger charge is -2.39. The van der Waals surface area contributed by atoms with Gasteiger partial charge < -0.3 is 10.0 Å². The quantitative estimate of drug-likeness (QED) is 0.884. The molecule has 3 rings (SSSR count). The van der Waals surface area contributed by atoms with Crippen molar-refractivity contribution < 1.29 is 5.11 Å². The van der Waals surface area contributed by atoms with Crippen LogP contribution >= 0.6 is 0 Å². The van der Waals surface area contributed by atoms with Crippen molar-refractivity contribution >= 4 is 0 Å². The zero-order chi connectivity index (χ0) is 13.4. The minimum absolute atomic E-state index is 0.407. The van der Waals surface area contributed by atoms with Gasteiger partial charge >= 0.3 is 0 Å². The Morgan fingerprint density at radius 3 is 2.89 bits per heavy atom. The summed E-state index contributed by atoms with van der Waals surface area (Å²) in [6.07, 6.45) is 4.93. The second kappa shape index (κ2) is 5.14. The van der Waals surface area contributed by atoms with Gasteiger partial charge in [0.15, 0.2) is 0 Å². The van der Waals surface area contributed by atoms with Crippen LogP contribution in [0.25, 0.3) is 0 Å². The van der Waals surface area contributed by atoms with Gasteiger partial charge in [0.25, 0.3) is 0 Å². The summed E-state index contributed by atoms with van der Waals surface area (Å²) < 4.78 is 0. The van der Waals surface area contributed by atoms with E-state index < -0.39 is 0 Å². The van der Waals surface area contributed by atoms with Crippen molar-refractivity contribution in [2.45, 2.75) is 37.8 Å². The molecule has 19 heavy (non-hydrogen) atoms. The molecule has 2 aliphatic rings. The summed E-state index contributed by atoms with van der Waals surface area (Å²) >= 11 is 0. The number of phenolic OH excluding ortho intramolecular Hbond substituents is 1. The minimum Gasteiger partial charge on any atom is -0.508 e.